The first kappa shape index (κ1) is 13.3. The molecule has 1 unspecified atom stereocenters. The van der Waals surface area contributed by atoms with E-state index in [4.69, 9.17) is 9.47 Å². The zero-order valence-corrected chi connectivity index (χ0v) is 10.5. The summed E-state index contributed by atoms with van der Waals surface area (Å²) in [4.78, 5) is 11.3. The number of hydrogen-bond donors (Lipinski definition) is 1. The third-order valence-corrected chi connectivity index (χ3v) is 2.41. The third kappa shape index (κ3) is 5.95. The average molecular weight is 229 g/mol. The van der Waals surface area contributed by atoms with Crippen LogP contribution in [0.1, 0.15) is 46.5 Å². The molecule has 0 aliphatic carbocycles. The fraction of sp³-hybridized carbons (Fsp3) is 0.917. The molecule has 4 heteroatoms. The third-order valence-electron chi connectivity index (χ3n) is 2.41. The summed E-state index contributed by atoms with van der Waals surface area (Å²) in [5.74, 6) is 0. The summed E-state index contributed by atoms with van der Waals surface area (Å²) in [6.45, 7) is 7.06. The van der Waals surface area contributed by atoms with E-state index >= 15 is 0 Å². The van der Waals surface area contributed by atoms with Crippen LogP contribution in [-0.2, 0) is 9.47 Å². The highest BCUT2D eigenvalue weighted by atomic mass is 16.6. The zero-order chi connectivity index (χ0) is 12.0. The van der Waals surface area contributed by atoms with Crippen molar-refractivity contribution in [3.8, 4) is 0 Å². The van der Waals surface area contributed by atoms with Crippen molar-refractivity contribution in [1.82, 2.24) is 5.32 Å². The van der Waals surface area contributed by atoms with Gasteiger partial charge in [0.25, 0.3) is 0 Å². The van der Waals surface area contributed by atoms with Crippen LogP contribution < -0.4 is 5.32 Å². The summed E-state index contributed by atoms with van der Waals surface area (Å²) < 4.78 is 10.7. The number of carbonyl (C=O) groups excluding carboxylic acids is 1. The first-order chi connectivity index (χ1) is 7.47. The second kappa shape index (κ2) is 6.09. The Morgan fingerprint density at radius 2 is 2.19 bits per heavy atom. The zero-order valence-electron chi connectivity index (χ0n) is 10.5. The summed E-state index contributed by atoms with van der Waals surface area (Å²) in [5, 5.41) is 2.75. The molecule has 94 valence electrons. The van der Waals surface area contributed by atoms with Gasteiger partial charge in [0.15, 0.2) is 0 Å². The minimum absolute atomic E-state index is 0.309. The van der Waals surface area contributed by atoms with Crippen LogP contribution >= 0.6 is 0 Å². The monoisotopic (exact) mass is 229 g/mol. The molecule has 16 heavy (non-hydrogen) atoms. The minimum atomic E-state index is -0.425. The highest BCUT2D eigenvalue weighted by Gasteiger charge is 2.17. The smallest absolute Gasteiger partial charge is 0.407 e. The Bertz CT molecular complexity index is 217. The van der Waals surface area contributed by atoms with E-state index in [1.165, 1.54) is 6.42 Å². The molecular weight excluding hydrogens is 206 g/mol. The van der Waals surface area contributed by atoms with Crippen molar-refractivity contribution in [2.45, 2.75) is 58.2 Å². The van der Waals surface area contributed by atoms with E-state index in [1.54, 1.807) is 0 Å². The lowest BCUT2D eigenvalue weighted by Gasteiger charge is -2.23. The minimum Gasteiger partial charge on any atom is -0.444 e. The van der Waals surface area contributed by atoms with E-state index in [2.05, 4.69) is 5.32 Å². The molecule has 1 heterocycles. The van der Waals surface area contributed by atoms with Crippen LogP contribution in [0.3, 0.4) is 0 Å². The van der Waals surface area contributed by atoms with Crippen molar-refractivity contribution >= 4 is 6.09 Å². The Hall–Kier alpha value is -0.770. The van der Waals surface area contributed by atoms with E-state index in [1.807, 2.05) is 20.8 Å². The molecule has 1 fully saturated rings. The number of ether oxygens (including phenoxy) is 2. The van der Waals surface area contributed by atoms with Gasteiger partial charge in [-0.25, -0.2) is 4.79 Å². The number of carbonyl (C=O) groups is 1. The van der Waals surface area contributed by atoms with Crippen molar-refractivity contribution in [2.75, 3.05) is 13.2 Å². The van der Waals surface area contributed by atoms with Gasteiger partial charge >= 0.3 is 6.09 Å². The molecule has 0 radical (unpaired) electrons. The molecule has 0 aromatic carbocycles. The summed E-state index contributed by atoms with van der Waals surface area (Å²) in [5.41, 5.74) is -0.425. The molecule has 1 aliphatic heterocycles. The predicted octanol–water partition coefficient (Wildman–Crippen LogP) is 2.47. The quantitative estimate of drug-likeness (QED) is 0.808. The second-order valence-electron chi connectivity index (χ2n) is 5.21. The molecule has 1 aliphatic rings. The topological polar surface area (TPSA) is 47.6 Å². The SMILES string of the molecule is CC(C)(C)OC(=O)NCCC1CCCCO1. The summed E-state index contributed by atoms with van der Waals surface area (Å²) >= 11 is 0. The van der Waals surface area contributed by atoms with E-state index in [9.17, 15) is 4.79 Å². The number of amides is 1. The molecule has 0 spiro atoms. The number of nitrogens with one attached hydrogen (secondary N) is 1. The maximum absolute atomic E-state index is 11.3. The molecule has 0 saturated carbocycles. The summed E-state index contributed by atoms with van der Waals surface area (Å²) in [6.07, 6.45) is 4.34. The van der Waals surface area contributed by atoms with Gasteiger partial charge in [0.1, 0.15) is 5.60 Å². The Morgan fingerprint density at radius 3 is 2.75 bits per heavy atom. The average Bonchev–Trinajstić information content (AvgIpc) is 2.16. The van der Waals surface area contributed by atoms with Crippen molar-refractivity contribution < 1.29 is 14.3 Å². The van der Waals surface area contributed by atoms with Crippen LogP contribution in [0.5, 0.6) is 0 Å². The second-order valence-corrected chi connectivity index (χ2v) is 5.21. The lowest BCUT2D eigenvalue weighted by atomic mass is 10.1. The van der Waals surface area contributed by atoms with Crippen LogP contribution in [-0.4, -0.2) is 30.9 Å². The molecule has 0 aromatic rings. The van der Waals surface area contributed by atoms with Crippen LogP contribution in [0, 0.1) is 0 Å². The van der Waals surface area contributed by atoms with E-state index in [0.29, 0.717) is 12.6 Å². The molecule has 1 N–H and O–H groups in total. The van der Waals surface area contributed by atoms with Crippen LogP contribution in [0.25, 0.3) is 0 Å². The van der Waals surface area contributed by atoms with Crippen LogP contribution in [0.4, 0.5) is 4.79 Å². The van der Waals surface area contributed by atoms with Crippen molar-refractivity contribution in [1.29, 1.82) is 0 Å². The van der Waals surface area contributed by atoms with Crippen molar-refractivity contribution in [3.63, 3.8) is 0 Å². The lowest BCUT2D eigenvalue weighted by Crippen LogP contribution is -2.34. The van der Waals surface area contributed by atoms with Gasteiger partial charge in [-0.1, -0.05) is 0 Å². The fourth-order valence-electron chi connectivity index (χ4n) is 1.68. The van der Waals surface area contributed by atoms with Gasteiger partial charge in [-0.05, 0) is 46.5 Å². The van der Waals surface area contributed by atoms with E-state index in [0.717, 1.165) is 25.9 Å². The van der Waals surface area contributed by atoms with Gasteiger partial charge in [0.05, 0.1) is 6.10 Å². The summed E-state index contributed by atoms with van der Waals surface area (Å²) in [6, 6.07) is 0. The fourth-order valence-corrected chi connectivity index (χ4v) is 1.68. The van der Waals surface area contributed by atoms with Crippen molar-refractivity contribution in [2.24, 2.45) is 0 Å². The maximum Gasteiger partial charge on any atom is 0.407 e. The number of alkyl carbamates (subject to hydrolysis) is 1. The number of hydrogen-bond acceptors (Lipinski definition) is 3. The first-order valence-electron chi connectivity index (χ1n) is 6.06. The molecular formula is C12H23NO3. The van der Waals surface area contributed by atoms with Gasteiger partial charge in [-0.2, -0.15) is 0 Å². The Kier molecular flexibility index (Phi) is 5.06. The van der Waals surface area contributed by atoms with Gasteiger partial charge in [-0.3, -0.25) is 0 Å². The molecule has 1 saturated heterocycles. The lowest BCUT2D eigenvalue weighted by molar-refractivity contribution is 0.0103. The highest BCUT2D eigenvalue weighted by Crippen LogP contribution is 2.15. The van der Waals surface area contributed by atoms with E-state index in [-0.39, 0.29) is 6.09 Å². The molecule has 0 bridgehead atoms. The Balaban J connectivity index is 2.08. The van der Waals surface area contributed by atoms with Crippen molar-refractivity contribution in [3.05, 3.63) is 0 Å². The van der Waals surface area contributed by atoms with Gasteiger partial charge < -0.3 is 14.8 Å². The highest BCUT2D eigenvalue weighted by molar-refractivity contribution is 5.67. The first-order valence-corrected chi connectivity index (χ1v) is 6.06. The largest absolute Gasteiger partial charge is 0.444 e. The van der Waals surface area contributed by atoms with Crippen LogP contribution in [0.15, 0.2) is 0 Å². The molecule has 1 amide bonds. The molecule has 1 atom stereocenters. The molecule has 0 aromatic heterocycles. The molecule has 1 rings (SSSR count). The Labute approximate surface area is 97.7 Å². The Morgan fingerprint density at radius 1 is 1.44 bits per heavy atom. The standard InChI is InChI=1S/C12H23NO3/c1-12(2,3)16-11(14)13-8-7-10-6-4-5-9-15-10/h10H,4-9H2,1-3H3,(H,13,14). The predicted molar refractivity (Wildman–Crippen MR) is 62.4 cm³/mol. The van der Waals surface area contributed by atoms with Gasteiger partial charge in [0, 0.05) is 13.2 Å². The van der Waals surface area contributed by atoms with Crippen LogP contribution in [0.2, 0.25) is 0 Å². The normalized spacial score (nSPS) is 21.6. The van der Waals surface area contributed by atoms with Gasteiger partial charge in [0.2, 0.25) is 0 Å². The number of rotatable bonds is 3. The summed E-state index contributed by atoms with van der Waals surface area (Å²) in [7, 11) is 0. The van der Waals surface area contributed by atoms with E-state index < -0.39 is 5.60 Å². The molecule has 4 nitrogen and oxygen atoms in total. The maximum atomic E-state index is 11.3. The van der Waals surface area contributed by atoms with Gasteiger partial charge in [-0.15, -0.1) is 0 Å².